The van der Waals surface area contributed by atoms with E-state index in [4.69, 9.17) is 4.74 Å². The number of hydrogen-bond donors (Lipinski definition) is 2. The highest BCUT2D eigenvalue weighted by Crippen LogP contribution is 2.16. The third-order valence-electron chi connectivity index (χ3n) is 5.03. The van der Waals surface area contributed by atoms with E-state index >= 15 is 0 Å². The summed E-state index contributed by atoms with van der Waals surface area (Å²) in [6.07, 6.45) is 0.953. The molecule has 0 bridgehead atoms. The van der Waals surface area contributed by atoms with Crippen LogP contribution in [0.15, 0.2) is 66.7 Å². The molecule has 0 aliphatic rings. The summed E-state index contributed by atoms with van der Waals surface area (Å²) >= 11 is 0. The first-order valence-corrected chi connectivity index (χ1v) is 10.3. The maximum atomic E-state index is 12.3. The smallest absolute Gasteiger partial charge is 0.325 e. The Balaban J connectivity index is 1.42. The largest absolute Gasteiger partial charge is 0.454 e. The molecule has 6 nitrogen and oxygen atoms in total. The average molecular weight is 418 g/mol. The van der Waals surface area contributed by atoms with Crippen LogP contribution in [-0.2, 0) is 20.7 Å². The van der Waals surface area contributed by atoms with Crippen LogP contribution in [0.5, 0.6) is 0 Å². The van der Waals surface area contributed by atoms with E-state index in [1.165, 1.54) is 5.56 Å². The molecular weight excluding hydrogens is 392 g/mol. The molecule has 0 heterocycles. The molecule has 2 N–H and O–H groups in total. The third kappa shape index (κ3) is 6.15. The molecule has 0 spiro atoms. The van der Waals surface area contributed by atoms with Gasteiger partial charge in [0.15, 0.2) is 6.61 Å². The fourth-order valence-corrected chi connectivity index (χ4v) is 3.19. The number of fused-ring (bicyclic) bond motifs is 1. The van der Waals surface area contributed by atoms with Gasteiger partial charge in [-0.3, -0.25) is 14.4 Å². The van der Waals surface area contributed by atoms with Gasteiger partial charge in [-0.05, 0) is 47.4 Å². The standard InChI is InChI=1S/C25H26N2O4/c1-3-18-8-10-19(11-9-18)17(2)27-23(28)16-31-24(29)15-26-25(30)22-13-12-20-6-4-5-7-21(20)14-22/h4-14,17H,3,15-16H2,1-2H3,(H,26,30)(H,27,28)/t17-/m0/s1. The van der Waals surface area contributed by atoms with Gasteiger partial charge in [0.05, 0.1) is 6.04 Å². The van der Waals surface area contributed by atoms with Gasteiger partial charge < -0.3 is 15.4 Å². The number of hydrogen-bond acceptors (Lipinski definition) is 4. The Morgan fingerprint density at radius 1 is 0.935 bits per heavy atom. The molecule has 0 saturated heterocycles. The van der Waals surface area contributed by atoms with Crippen LogP contribution >= 0.6 is 0 Å². The van der Waals surface area contributed by atoms with Crippen molar-refractivity contribution in [2.75, 3.05) is 13.2 Å². The molecule has 31 heavy (non-hydrogen) atoms. The predicted molar refractivity (Wildman–Crippen MR) is 120 cm³/mol. The molecule has 3 rings (SSSR count). The average Bonchev–Trinajstić information content (AvgIpc) is 2.80. The number of amides is 2. The molecule has 2 amide bonds. The highest BCUT2D eigenvalue weighted by Gasteiger charge is 2.13. The minimum atomic E-state index is -0.677. The molecule has 0 fully saturated rings. The maximum absolute atomic E-state index is 12.3. The molecule has 0 aromatic heterocycles. The summed E-state index contributed by atoms with van der Waals surface area (Å²) in [5, 5.41) is 7.28. The normalized spacial score (nSPS) is 11.5. The summed E-state index contributed by atoms with van der Waals surface area (Å²) in [4.78, 5) is 36.2. The fraction of sp³-hybridized carbons (Fsp3) is 0.240. The Morgan fingerprint density at radius 2 is 1.65 bits per heavy atom. The Hall–Kier alpha value is -3.67. The van der Waals surface area contributed by atoms with Crippen LogP contribution < -0.4 is 10.6 Å². The molecule has 3 aromatic rings. The van der Waals surface area contributed by atoms with E-state index in [2.05, 4.69) is 17.6 Å². The molecule has 1 atom stereocenters. The van der Waals surface area contributed by atoms with Gasteiger partial charge in [-0.25, -0.2) is 0 Å². The lowest BCUT2D eigenvalue weighted by atomic mass is 10.1. The first-order valence-electron chi connectivity index (χ1n) is 10.3. The highest BCUT2D eigenvalue weighted by atomic mass is 16.5. The molecular formula is C25H26N2O4. The first-order chi connectivity index (χ1) is 15.0. The zero-order chi connectivity index (χ0) is 22.2. The molecule has 0 aliphatic carbocycles. The molecule has 0 saturated carbocycles. The number of carbonyl (C=O) groups is 3. The van der Waals surface area contributed by atoms with Crippen molar-refractivity contribution in [1.29, 1.82) is 0 Å². The number of aryl methyl sites for hydroxylation is 1. The summed E-state index contributed by atoms with van der Waals surface area (Å²) in [5.74, 6) is -1.46. The van der Waals surface area contributed by atoms with Gasteiger partial charge in [-0.2, -0.15) is 0 Å². The molecule has 160 valence electrons. The summed E-state index contributed by atoms with van der Waals surface area (Å²) in [6, 6.07) is 20.8. The minimum Gasteiger partial charge on any atom is -0.454 e. The van der Waals surface area contributed by atoms with E-state index in [0.29, 0.717) is 5.56 Å². The quantitative estimate of drug-likeness (QED) is 0.548. The van der Waals surface area contributed by atoms with Crippen LogP contribution in [0.2, 0.25) is 0 Å². The number of nitrogens with one attached hydrogen (secondary N) is 2. The van der Waals surface area contributed by atoms with Gasteiger partial charge in [0.2, 0.25) is 0 Å². The number of rotatable bonds is 8. The van der Waals surface area contributed by atoms with Crippen molar-refractivity contribution in [2.45, 2.75) is 26.3 Å². The van der Waals surface area contributed by atoms with Gasteiger partial charge in [0.1, 0.15) is 6.54 Å². The lowest BCUT2D eigenvalue weighted by Gasteiger charge is -2.15. The van der Waals surface area contributed by atoms with Crippen LogP contribution in [-0.4, -0.2) is 30.9 Å². The maximum Gasteiger partial charge on any atom is 0.325 e. The molecule has 0 radical (unpaired) electrons. The van der Waals surface area contributed by atoms with Crippen molar-refractivity contribution in [3.05, 3.63) is 83.4 Å². The van der Waals surface area contributed by atoms with Gasteiger partial charge in [-0.1, -0.05) is 61.5 Å². The monoisotopic (exact) mass is 418 g/mol. The zero-order valence-electron chi connectivity index (χ0n) is 17.7. The van der Waals surface area contributed by atoms with Gasteiger partial charge in [0, 0.05) is 5.56 Å². The molecule has 0 unspecified atom stereocenters. The van der Waals surface area contributed by atoms with Gasteiger partial charge >= 0.3 is 5.97 Å². The second kappa shape index (κ2) is 10.4. The van der Waals surface area contributed by atoms with E-state index in [-0.39, 0.29) is 18.5 Å². The highest BCUT2D eigenvalue weighted by molar-refractivity contribution is 5.99. The Labute approximate surface area is 181 Å². The molecule has 6 heteroatoms. The van der Waals surface area contributed by atoms with Crippen molar-refractivity contribution < 1.29 is 19.1 Å². The Morgan fingerprint density at radius 3 is 2.35 bits per heavy atom. The van der Waals surface area contributed by atoms with Crippen molar-refractivity contribution in [2.24, 2.45) is 0 Å². The van der Waals surface area contributed by atoms with E-state index in [1.54, 1.807) is 12.1 Å². The van der Waals surface area contributed by atoms with Crippen LogP contribution in [0.3, 0.4) is 0 Å². The van der Waals surface area contributed by atoms with Crippen molar-refractivity contribution in [1.82, 2.24) is 10.6 Å². The molecule has 3 aromatic carbocycles. The lowest BCUT2D eigenvalue weighted by molar-refractivity contribution is -0.147. The SMILES string of the molecule is CCc1ccc([C@H](C)NC(=O)COC(=O)CNC(=O)c2ccc3ccccc3c2)cc1. The fourth-order valence-electron chi connectivity index (χ4n) is 3.19. The van der Waals surface area contributed by atoms with Crippen LogP contribution in [0.25, 0.3) is 10.8 Å². The Bertz CT molecular complexity index is 1080. The Kier molecular flexibility index (Phi) is 7.38. The van der Waals surface area contributed by atoms with E-state index in [9.17, 15) is 14.4 Å². The topological polar surface area (TPSA) is 84.5 Å². The van der Waals surface area contributed by atoms with Crippen LogP contribution in [0.4, 0.5) is 0 Å². The second-order valence-corrected chi connectivity index (χ2v) is 7.29. The number of esters is 1. The van der Waals surface area contributed by atoms with E-state index in [1.807, 2.05) is 61.5 Å². The van der Waals surface area contributed by atoms with E-state index < -0.39 is 18.5 Å². The summed E-state index contributed by atoms with van der Waals surface area (Å²) in [7, 11) is 0. The summed E-state index contributed by atoms with van der Waals surface area (Å²) < 4.78 is 4.97. The lowest BCUT2D eigenvalue weighted by Crippen LogP contribution is -2.34. The number of ether oxygens (including phenoxy) is 1. The summed E-state index contributed by atoms with van der Waals surface area (Å²) in [5.41, 5.74) is 2.65. The zero-order valence-corrected chi connectivity index (χ0v) is 17.7. The van der Waals surface area contributed by atoms with Crippen molar-refractivity contribution in [3.8, 4) is 0 Å². The number of carbonyl (C=O) groups excluding carboxylic acids is 3. The molecule has 0 aliphatic heterocycles. The first kappa shape index (κ1) is 22.0. The van der Waals surface area contributed by atoms with Crippen molar-refractivity contribution >= 4 is 28.6 Å². The van der Waals surface area contributed by atoms with Gasteiger partial charge in [-0.15, -0.1) is 0 Å². The van der Waals surface area contributed by atoms with Crippen LogP contribution in [0.1, 0.15) is 41.4 Å². The minimum absolute atomic E-state index is 0.204. The van der Waals surface area contributed by atoms with Gasteiger partial charge in [0.25, 0.3) is 11.8 Å². The van der Waals surface area contributed by atoms with Crippen LogP contribution in [0, 0.1) is 0 Å². The van der Waals surface area contributed by atoms with E-state index in [0.717, 1.165) is 22.8 Å². The second-order valence-electron chi connectivity index (χ2n) is 7.29. The predicted octanol–water partition coefficient (Wildman–Crippen LogP) is 3.55. The number of benzene rings is 3. The third-order valence-corrected chi connectivity index (χ3v) is 5.03. The summed E-state index contributed by atoms with van der Waals surface area (Å²) in [6.45, 7) is 3.23. The van der Waals surface area contributed by atoms with Crippen molar-refractivity contribution in [3.63, 3.8) is 0 Å².